The van der Waals surface area contributed by atoms with Crippen LogP contribution in [-0.4, -0.2) is 42.3 Å². The van der Waals surface area contributed by atoms with Gasteiger partial charge in [-0.2, -0.15) is 13.4 Å². The molecular weight excluding hydrogens is 400 g/mol. The maximum Gasteiger partial charge on any atom is 0.345 e. The normalized spacial score (nSPS) is 14.9. The zero-order valence-electron chi connectivity index (χ0n) is 15.9. The Balaban J connectivity index is 1.76. The van der Waals surface area contributed by atoms with Crippen molar-refractivity contribution in [2.75, 3.05) is 11.3 Å². The molecule has 0 saturated carbocycles. The third-order valence-corrected chi connectivity index (χ3v) is 4.81. The van der Waals surface area contributed by atoms with Crippen molar-refractivity contribution in [1.82, 2.24) is 15.3 Å². The number of carbonyl (C=O) groups is 1. The SMILES string of the molecule is Cc1cc(C(=O)NC(C)(C)COc2cccc3c2C(N)=NS(=O)(=O)N3)nc(=O)[nH]1. The molecule has 1 aliphatic heterocycles. The molecule has 11 nitrogen and oxygen atoms in total. The van der Waals surface area contributed by atoms with Crippen LogP contribution in [0.15, 0.2) is 33.5 Å². The molecule has 0 atom stereocenters. The van der Waals surface area contributed by atoms with Gasteiger partial charge in [0.15, 0.2) is 5.84 Å². The summed E-state index contributed by atoms with van der Waals surface area (Å²) in [6.45, 7) is 5.12. The van der Waals surface area contributed by atoms with Crippen LogP contribution in [0.5, 0.6) is 5.75 Å². The predicted octanol–water partition coefficient (Wildman–Crippen LogP) is 0.0413. The van der Waals surface area contributed by atoms with Gasteiger partial charge in [-0.1, -0.05) is 6.07 Å². The number of benzene rings is 1. The van der Waals surface area contributed by atoms with E-state index in [1.807, 2.05) is 0 Å². The number of hydrogen-bond acceptors (Lipinski definition) is 7. The van der Waals surface area contributed by atoms with Crippen LogP contribution < -0.4 is 26.2 Å². The molecular formula is C17H20N6O5S. The number of amides is 1. The molecule has 1 aromatic heterocycles. The van der Waals surface area contributed by atoms with Crippen LogP contribution in [0.1, 0.15) is 35.6 Å². The molecule has 0 aliphatic carbocycles. The first-order valence-corrected chi connectivity index (χ1v) is 9.95. The molecule has 0 radical (unpaired) electrons. The lowest BCUT2D eigenvalue weighted by Gasteiger charge is -2.27. The topological polar surface area (TPSA) is 169 Å². The monoisotopic (exact) mass is 420 g/mol. The molecule has 0 fully saturated rings. The van der Waals surface area contributed by atoms with Crippen molar-refractivity contribution in [3.63, 3.8) is 0 Å². The highest BCUT2D eigenvalue weighted by molar-refractivity contribution is 7.91. The number of H-pyrrole nitrogens is 1. The fourth-order valence-corrected chi connectivity index (χ4v) is 3.54. The first kappa shape index (κ1) is 20.3. The van der Waals surface area contributed by atoms with E-state index in [0.29, 0.717) is 17.0 Å². The number of aromatic nitrogens is 2. The lowest BCUT2D eigenvalue weighted by Crippen LogP contribution is -2.48. The van der Waals surface area contributed by atoms with Gasteiger partial charge < -0.3 is 20.8 Å². The summed E-state index contributed by atoms with van der Waals surface area (Å²) in [6.07, 6.45) is 0. The van der Waals surface area contributed by atoms with Gasteiger partial charge in [-0.3, -0.25) is 9.52 Å². The van der Waals surface area contributed by atoms with E-state index in [9.17, 15) is 18.0 Å². The molecule has 5 N–H and O–H groups in total. The second-order valence-electron chi connectivity index (χ2n) is 7.11. The molecule has 2 heterocycles. The van der Waals surface area contributed by atoms with E-state index in [2.05, 4.69) is 24.4 Å². The summed E-state index contributed by atoms with van der Waals surface area (Å²) in [5, 5.41) is 2.75. The van der Waals surface area contributed by atoms with Gasteiger partial charge in [0.2, 0.25) is 0 Å². The summed E-state index contributed by atoms with van der Waals surface area (Å²) < 4.78 is 34.8. The molecule has 154 valence electrons. The minimum absolute atomic E-state index is 0.0119. The number of rotatable bonds is 5. The summed E-state index contributed by atoms with van der Waals surface area (Å²) in [4.78, 5) is 30.0. The largest absolute Gasteiger partial charge is 0.490 e. The number of nitrogens with two attached hydrogens (primary N) is 1. The van der Waals surface area contributed by atoms with Gasteiger partial charge in [0.05, 0.1) is 16.8 Å². The number of hydrogen-bond donors (Lipinski definition) is 4. The number of anilines is 1. The van der Waals surface area contributed by atoms with E-state index < -0.39 is 27.3 Å². The maximum atomic E-state index is 12.4. The number of carbonyl (C=O) groups excluding carboxylic acids is 1. The van der Waals surface area contributed by atoms with E-state index in [4.69, 9.17) is 10.5 Å². The summed E-state index contributed by atoms with van der Waals surface area (Å²) in [6, 6.07) is 6.21. The highest BCUT2D eigenvalue weighted by Crippen LogP contribution is 2.30. The van der Waals surface area contributed by atoms with E-state index in [0.717, 1.165) is 0 Å². The molecule has 0 unspecified atom stereocenters. The van der Waals surface area contributed by atoms with Gasteiger partial charge in [-0.05, 0) is 39.0 Å². The number of ether oxygens (including phenoxy) is 1. The van der Waals surface area contributed by atoms with Gasteiger partial charge in [0.1, 0.15) is 18.1 Å². The Hall–Kier alpha value is -3.41. The quantitative estimate of drug-likeness (QED) is 0.529. The van der Waals surface area contributed by atoms with Crippen molar-refractivity contribution in [3.05, 3.63) is 51.7 Å². The van der Waals surface area contributed by atoms with Crippen LogP contribution in [-0.2, 0) is 10.2 Å². The number of aromatic amines is 1. The van der Waals surface area contributed by atoms with Crippen LogP contribution in [0.4, 0.5) is 5.69 Å². The zero-order valence-corrected chi connectivity index (χ0v) is 16.8. The second-order valence-corrected chi connectivity index (χ2v) is 8.45. The molecule has 12 heteroatoms. The summed E-state index contributed by atoms with van der Waals surface area (Å²) in [7, 11) is -3.89. The molecule has 3 rings (SSSR count). The maximum absolute atomic E-state index is 12.4. The van der Waals surface area contributed by atoms with Crippen LogP contribution in [0.25, 0.3) is 0 Å². The fourth-order valence-electron chi connectivity index (χ4n) is 2.70. The Morgan fingerprint density at radius 1 is 1.34 bits per heavy atom. The van der Waals surface area contributed by atoms with Crippen molar-refractivity contribution >= 4 is 27.6 Å². The number of amidine groups is 1. The summed E-state index contributed by atoms with van der Waals surface area (Å²) in [5.41, 5.74) is 5.39. The minimum atomic E-state index is -3.89. The van der Waals surface area contributed by atoms with Gasteiger partial charge in [-0.15, -0.1) is 4.40 Å². The zero-order chi connectivity index (χ0) is 21.4. The van der Waals surface area contributed by atoms with Crippen LogP contribution >= 0.6 is 0 Å². The predicted molar refractivity (Wildman–Crippen MR) is 106 cm³/mol. The standard InChI is InChI=1S/C17H20N6O5S/c1-9-7-11(20-16(25)19-9)15(24)21-17(2,3)8-28-12-6-4-5-10-13(12)14(18)23-29(26,27)22-10/h4-7,22H,8H2,1-3H3,(H2,18,23)(H,21,24)(H,19,20,25). The molecule has 1 amide bonds. The second kappa shape index (κ2) is 7.20. The van der Waals surface area contributed by atoms with Crippen molar-refractivity contribution < 1.29 is 17.9 Å². The lowest BCUT2D eigenvalue weighted by molar-refractivity contribution is 0.0875. The molecule has 0 bridgehead atoms. The Labute approximate surface area is 166 Å². The molecule has 0 saturated heterocycles. The van der Waals surface area contributed by atoms with E-state index in [1.165, 1.54) is 12.1 Å². The van der Waals surface area contributed by atoms with Crippen molar-refractivity contribution in [3.8, 4) is 5.75 Å². The first-order chi connectivity index (χ1) is 13.5. The van der Waals surface area contributed by atoms with Crippen molar-refractivity contribution in [2.45, 2.75) is 26.3 Å². The van der Waals surface area contributed by atoms with Gasteiger partial charge in [0, 0.05) is 5.69 Å². The number of nitrogens with one attached hydrogen (secondary N) is 3. The van der Waals surface area contributed by atoms with Crippen molar-refractivity contribution in [2.24, 2.45) is 10.1 Å². The van der Waals surface area contributed by atoms with Gasteiger partial charge in [0.25, 0.3) is 5.91 Å². The molecule has 1 aromatic carbocycles. The lowest BCUT2D eigenvalue weighted by atomic mass is 10.1. The first-order valence-electron chi connectivity index (χ1n) is 8.51. The molecule has 0 spiro atoms. The Kier molecular flexibility index (Phi) is 5.05. The Morgan fingerprint density at radius 2 is 2.07 bits per heavy atom. The summed E-state index contributed by atoms with van der Waals surface area (Å²) in [5.74, 6) is -0.422. The van der Waals surface area contributed by atoms with Crippen LogP contribution in [0.2, 0.25) is 0 Å². The minimum Gasteiger partial charge on any atom is -0.490 e. The van der Waals surface area contributed by atoms with Gasteiger partial charge in [-0.25, -0.2) is 4.79 Å². The smallest absolute Gasteiger partial charge is 0.345 e. The Morgan fingerprint density at radius 3 is 2.76 bits per heavy atom. The van der Waals surface area contributed by atoms with Crippen molar-refractivity contribution in [1.29, 1.82) is 0 Å². The molecule has 2 aromatic rings. The number of fused-ring (bicyclic) bond motifs is 1. The third-order valence-electron chi connectivity index (χ3n) is 3.89. The van der Waals surface area contributed by atoms with Crippen LogP contribution in [0, 0.1) is 6.92 Å². The third kappa shape index (κ3) is 4.71. The van der Waals surface area contributed by atoms with E-state index >= 15 is 0 Å². The van der Waals surface area contributed by atoms with Crippen LogP contribution in [0.3, 0.4) is 0 Å². The fraction of sp³-hybridized carbons (Fsp3) is 0.294. The van der Waals surface area contributed by atoms with Gasteiger partial charge >= 0.3 is 15.9 Å². The highest BCUT2D eigenvalue weighted by atomic mass is 32.2. The number of nitrogens with zero attached hydrogens (tertiary/aromatic N) is 2. The van der Waals surface area contributed by atoms with E-state index in [-0.39, 0.29) is 23.8 Å². The average molecular weight is 420 g/mol. The molecule has 1 aliphatic rings. The average Bonchev–Trinajstić information content (AvgIpc) is 2.57. The molecule has 29 heavy (non-hydrogen) atoms. The summed E-state index contributed by atoms with van der Waals surface area (Å²) >= 11 is 0. The number of aryl methyl sites for hydroxylation is 1. The highest BCUT2D eigenvalue weighted by Gasteiger charge is 2.27. The Bertz CT molecular complexity index is 1170. The van der Waals surface area contributed by atoms with E-state index in [1.54, 1.807) is 32.9 Å².